The Morgan fingerprint density at radius 1 is 1.18 bits per heavy atom. The van der Waals surface area contributed by atoms with Crippen LogP contribution < -0.4 is 5.73 Å². The molecular weight excluding hydrogens is 296 g/mol. The minimum atomic E-state index is 0.672. The fraction of sp³-hybridized carbons (Fsp3) is 0.154. The second-order valence-corrected chi connectivity index (χ2v) is 5.54. The molecule has 0 radical (unpaired) electrons. The maximum absolute atomic E-state index is 5.61. The molecule has 0 atom stereocenters. The molecular formula is C13H13BrN2S. The Morgan fingerprint density at radius 3 is 2.71 bits per heavy atom. The number of halogens is 1. The average Bonchev–Trinajstić information content (AvgIpc) is 2.35. The quantitative estimate of drug-likeness (QED) is 0.939. The van der Waals surface area contributed by atoms with Crippen LogP contribution >= 0.6 is 27.7 Å². The number of rotatable bonds is 4. The van der Waals surface area contributed by atoms with Crippen LogP contribution in [0.3, 0.4) is 0 Å². The summed E-state index contributed by atoms with van der Waals surface area (Å²) in [5.41, 5.74) is 6.89. The van der Waals surface area contributed by atoms with E-state index in [-0.39, 0.29) is 0 Å². The van der Waals surface area contributed by atoms with Crippen molar-refractivity contribution in [1.82, 2.24) is 4.98 Å². The van der Waals surface area contributed by atoms with Gasteiger partial charge in [-0.1, -0.05) is 30.0 Å². The summed E-state index contributed by atoms with van der Waals surface area (Å²) < 4.78 is 0.997. The first kappa shape index (κ1) is 12.6. The van der Waals surface area contributed by atoms with E-state index in [0.29, 0.717) is 6.54 Å². The van der Waals surface area contributed by atoms with E-state index in [1.807, 2.05) is 30.5 Å². The van der Waals surface area contributed by atoms with Gasteiger partial charge in [0.2, 0.25) is 0 Å². The molecule has 0 amide bonds. The van der Waals surface area contributed by atoms with Gasteiger partial charge in [-0.3, -0.25) is 0 Å². The Balaban J connectivity index is 2.20. The first-order valence-electron chi connectivity index (χ1n) is 5.37. The van der Waals surface area contributed by atoms with Crippen molar-refractivity contribution in [3.05, 3.63) is 52.6 Å². The van der Waals surface area contributed by atoms with Crippen LogP contribution in [-0.2, 0) is 6.42 Å². The van der Waals surface area contributed by atoms with Crippen molar-refractivity contribution in [3.8, 4) is 0 Å². The van der Waals surface area contributed by atoms with Crippen molar-refractivity contribution in [2.45, 2.75) is 16.3 Å². The van der Waals surface area contributed by atoms with E-state index < -0.39 is 0 Å². The fourth-order valence-corrected chi connectivity index (χ4v) is 2.65. The predicted molar refractivity (Wildman–Crippen MR) is 75.3 cm³/mol. The molecule has 0 aliphatic heterocycles. The zero-order valence-electron chi connectivity index (χ0n) is 9.27. The average molecular weight is 309 g/mol. The lowest BCUT2D eigenvalue weighted by Gasteiger charge is -2.07. The van der Waals surface area contributed by atoms with Gasteiger partial charge in [0.05, 0.1) is 0 Å². The molecule has 0 aliphatic carbocycles. The zero-order chi connectivity index (χ0) is 12.1. The zero-order valence-corrected chi connectivity index (χ0v) is 11.7. The highest BCUT2D eigenvalue weighted by Crippen LogP contribution is 2.29. The van der Waals surface area contributed by atoms with Crippen molar-refractivity contribution in [2.24, 2.45) is 5.73 Å². The van der Waals surface area contributed by atoms with Gasteiger partial charge in [-0.15, -0.1) is 0 Å². The van der Waals surface area contributed by atoms with Crippen LogP contribution in [0.25, 0.3) is 0 Å². The summed E-state index contributed by atoms with van der Waals surface area (Å²) in [6.07, 6.45) is 2.72. The van der Waals surface area contributed by atoms with Crippen LogP contribution in [0, 0.1) is 0 Å². The van der Waals surface area contributed by atoms with Gasteiger partial charge in [0, 0.05) is 15.6 Å². The largest absolute Gasteiger partial charge is 0.330 e. The number of nitrogens with two attached hydrogens (primary N) is 1. The Bertz CT molecular complexity index is 485. The lowest BCUT2D eigenvalue weighted by Crippen LogP contribution is -2.03. The van der Waals surface area contributed by atoms with Gasteiger partial charge in [0.1, 0.15) is 5.03 Å². The van der Waals surface area contributed by atoms with Gasteiger partial charge in [-0.2, -0.15) is 0 Å². The number of pyridine rings is 1. The van der Waals surface area contributed by atoms with E-state index in [0.717, 1.165) is 15.9 Å². The summed E-state index contributed by atoms with van der Waals surface area (Å²) in [4.78, 5) is 5.59. The van der Waals surface area contributed by atoms with Crippen LogP contribution in [0.1, 0.15) is 5.56 Å². The van der Waals surface area contributed by atoms with E-state index in [1.54, 1.807) is 11.8 Å². The van der Waals surface area contributed by atoms with Gasteiger partial charge in [-0.05, 0) is 52.7 Å². The molecule has 2 aromatic rings. The van der Waals surface area contributed by atoms with E-state index in [9.17, 15) is 0 Å². The molecule has 1 aromatic carbocycles. The highest BCUT2D eigenvalue weighted by molar-refractivity contribution is 9.10. The van der Waals surface area contributed by atoms with E-state index in [1.165, 1.54) is 10.5 Å². The summed E-state index contributed by atoms with van der Waals surface area (Å²) >= 11 is 5.06. The second-order valence-electron chi connectivity index (χ2n) is 3.56. The molecule has 88 valence electrons. The maximum atomic E-state index is 5.61. The highest BCUT2D eigenvalue weighted by Gasteiger charge is 2.04. The van der Waals surface area contributed by atoms with Crippen molar-refractivity contribution >= 4 is 27.7 Å². The third-order valence-corrected chi connectivity index (χ3v) is 3.84. The van der Waals surface area contributed by atoms with Crippen molar-refractivity contribution in [2.75, 3.05) is 6.54 Å². The maximum Gasteiger partial charge on any atom is 0.101 e. The number of hydrogen-bond donors (Lipinski definition) is 1. The van der Waals surface area contributed by atoms with Gasteiger partial charge in [0.15, 0.2) is 0 Å². The van der Waals surface area contributed by atoms with E-state index in [2.05, 4.69) is 33.0 Å². The molecule has 0 spiro atoms. The van der Waals surface area contributed by atoms with E-state index in [4.69, 9.17) is 5.73 Å². The van der Waals surface area contributed by atoms with Crippen molar-refractivity contribution in [1.29, 1.82) is 0 Å². The van der Waals surface area contributed by atoms with Gasteiger partial charge in [-0.25, -0.2) is 4.98 Å². The van der Waals surface area contributed by atoms with Crippen LogP contribution in [-0.4, -0.2) is 11.5 Å². The Kier molecular flexibility index (Phi) is 4.59. The molecule has 2 N–H and O–H groups in total. The third-order valence-electron chi connectivity index (χ3n) is 2.30. The standard InChI is InChI=1S/C13H13BrN2S/c14-11-5-6-13(16-9-11)17-12-4-2-1-3-10(12)7-8-15/h1-6,9H,7-8,15H2. The second kappa shape index (κ2) is 6.19. The summed E-state index contributed by atoms with van der Waals surface area (Å²) in [6, 6.07) is 12.3. The Labute approximate surface area is 114 Å². The van der Waals surface area contributed by atoms with Gasteiger partial charge >= 0.3 is 0 Å². The molecule has 0 fully saturated rings. The summed E-state index contributed by atoms with van der Waals surface area (Å²) in [5, 5.41) is 0.998. The minimum absolute atomic E-state index is 0.672. The number of benzene rings is 1. The molecule has 0 aliphatic rings. The molecule has 2 nitrogen and oxygen atoms in total. The molecule has 0 saturated carbocycles. The first-order valence-corrected chi connectivity index (χ1v) is 6.98. The number of hydrogen-bond acceptors (Lipinski definition) is 3. The SMILES string of the molecule is NCCc1ccccc1Sc1ccc(Br)cn1. The Hall–Kier alpha value is -0.840. The smallest absolute Gasteiger partial charge is 0.101 e. The molecule has 1 aromatic heterocycles. The predicted octanol–water partition coefficient (Wildman–Crippen LogP) is 3.50. The first-order chi connectivity index (χ1) is 8.29. The van der Waals surface area contributed by atoms with Gasteiger partial charge < -0.3 is 5.73 Å². The molecule has 0 saturated heterocycles. The highest BCUT2D eigenvalue weighted by atomic mass is 79.9. The van der Waals surface area contributed by atoms with Crippen LogP contribution in [0.2, 0.25) is 0 Å². The van der Waals surface area contributed by atoms with E-state index >= 15 is 0 Å². The number of aromatic nitrogens is 1. The summed E-state index contributed by atoms with van der Waals surface area (Å²) in [6.45, 7) is 0.672. The van der Waals surface area contributed by atoms with Gasteiger partial charge in [0.25, 0.3) is 0 Å². The Morgan fingerprint density at radius 2 is 2.00 bits per heavy atom. The lowest BCUT2D eigenvalue weighted by atomic mass is 10.1. The van der Waals surface area contributed by atoms with Crippen LogP contribution in [0.15, 0.2) is 57.0 Å². The third kappa shape index (κ3) is 3.56. The lowest BCUT2D eigenvalue weighted by molar-refractivity contribution is 0.943. The fourth-order valence-electron chi connectivity index (χ4n) is 1.50. The molecule has 2 rings (SSSR count). The normalized spacial score (nSPS) is 10.5. The summed E-state index contributed by atoms with van der Waals surface area (Å²) in [7, 11) is 0. The molecule has 4 heteroatoms. The summed E-state index contributed by atoms with van der Waals surface area (Å²) in [5.74, 6) is 0. The topological polar surface area (TPSA) is 38.9 Å². The molecule has 0 bridgehead atoms. The number of nitrogens with zero attached hydrogens (tertiary/aromatic N) is 1. The van der Waals surface area contributed by atoms with Crippen molar-refractivity contribution < 1.29 is 0 Å². The monoisotopic (exact) mass is 308 g/mol. The molecule has 1 heterocycles. The molecule has 0 unspecified atom stereocenters. The van der Waals surface area contributed by atoms with Crippen LogP contribution in [0.4, 0.5) is 0 Å². The van der Waals surface area contributed by atoms with Crippen LogP contribution in [0.5, 0.6) is 0 Å². The van der Waals surface area contributed by atoms with Crippen molar-refractivity contribution in [3.63, 3.8) is 0 Å². The minimum Gasteiger partial charge on any atom is -0.330 e. The molecule has 17 heavy (non-hydrogen) atoms.